The van der Waals surface area contributed by atoms with Crippen molar-refractivity contribution in [1.82, 2.24) is 19.8 Å². The first kappa shape index (κ1) is 17.5. The number of nitrogens with one attached hydrogen (secondary N) is 1. The Labute approximate surface area is 159 Å². The van der Waals surface area contributed by atoms with Gasteiger partial charge in [0.15, 0.2) is 17.3 Å². The van der Waals surface area contributed by atoms with Gasteiger partial charge in [0.25, 0.3) is 0 Å². The summed E-state index contributed by atoms with van der Waals surface area (Å²) in [5.41, 5.74) is 3.21. The summed E-state index contributed by atoms with van der Waals surface area (Å²) in [6.07, 6.45) is 1.04. The molecule has 0 saturated heterocycles. The van der Waals surface area contributed by atoms with Gasteiger partial charge in [0, 0.05) is 22.9 Å². The predicted octanol–water partition coefficient (Wildman–Crippen LogP) is 5.06. The van der Waals surface area contributed by atoms with Crippen LogP contribution in [0.15, 0.2) is 48.5 Å². The quantitative estimate of drug-likeness (QED) is 0.553. The Bertz CT molecular complexity index is 1090. The van der Waals surface area contributed by atoms with Crippen LogP contribution in [0.5, 0.6) is 0 Å². The predicted molar refractivity (Wildman–Crippen MR) is 111 cm³/mol. The van der Waals surface area contributed by atoms with Crippen LogP contribution in [0, 0.1) is 0 Å². The summed E-state index contributed by atoms with van der Waals surface area (Å²) in [7, 11) is 0. The molecule has 138 valence electrons. The normalized spacial score (nSPS) is 12.0. The number of fused-ring (bicyclic) bond motifs is 3. The van der Waals surface area contributed by atoms with E-state index < -0.39 is 0 Å². The van der Waals surface area contributed by atoms with Gasteiger partial charge in [-0.05, 0) is 17.4 Å². The standard InChI is InChI=1S/C22H25N5/c1-5-14-23-19-17-8-6-7-9-18(17)21-25-24-20(27(21)26-19)15-10-12-16(13-11-15)22(2,3)4/h6-13H,5,14H2,1-4H3,(H,23,26). The summed E-state index contributed by atoms with van der Waals surface area (Å²) >= 11 is 0. The van der Waals surface area contributed by atoms with E-state index in [0.717, 1.165) is 46.6 Å². The maximum atomic E-state index is 4.83. The van der Waals surface area contributed by atoms with Crippen molar-refractivity contribution < 1.29 is 0 Å². The molecule has 0 aliphatic rings. The van der Waals surface area contributed by atoms with E-state index in [4.69, 9.17) is 5.10 Å². The van der Waals surface area contributed by atoms with E-state index >= 15 is 0 Å². The minimum atomic E-state index is 0.122. The molecule has 0 saturated carbocycles. The van der Waals surface area contributed by atoms with E-state index in [0.29, 0.717) is 0 Å². The molecule has 5 nitrogen and oxygen atoms in total. The van der Waals surface area contributed by atoms with Crippen molar-refractivity contribution in [1.29, 1.82) is 0 Å². The molecule has 0 spiro atoms. The van der Waals surface area contributed by atoms with Crippen LogP contribution < -0.4 is 5.32 Å². The third-order valence-electron chi connectivity index (χ3n) is 4.82. The van der Waals surface area contributed by atoms with Crippen LogP contribution in [0.25, 0.3) is 27.8 Å². The number of hydrogen-bond acceptors (Lipinski definition) is 4. The number of hydrogen-bond donors (Lipinski definition) is 1. The lowest BCUT2D eigenvalue weighted by Crippen LogP contribution is -2.10. The molecular formula is C22H25N5. The molecule has 0 unspecified atom stereocenters. The number of rotatable bonds is 4. The Morgan fingerprint density at radius 1 is 0.926 bits per heavy atom. The fourth-order valence-corrected chi connectivity index (χ4v) is 3.25. The zero-order chi connectivity index (χ0) is 19.0. The van der Waals surface area contributed by atoms with Gasteiger partial charge in [-0.15, -0.1) is 15.3 Å². The van der Waals surface area contributed by atoms with Crippen LogP contribution in [-0.4, -0.2) is 26.4 Å². The number of aromatic nitrogens is 4. The average Bonchev–Trinajstić information content (AvgIpc) is 3.09. The molecule has 0 aliphatic carbocycles. The molecule has 0 fully saturated rings. The lowest BCUT2D eigenvalue weighted by molar-refractivity contribution is 0.590. The molecule has 0 aliphatic heterocycles. The molecule has 0 atom stereocenters. The average molecular weight is 359 g/mol. The van der Waals surface area contributed by atoms with Crippen molar-refractivity contribution in [3.63, 3.8) is 0 Å². The smallest absolute Gasteiger partial charge is 0.186 e. The second-order valence-electron chi connectivity index (χ2n) is 7.91. The zero-order valence-corrected chi connectivity index (χ0v) is 16.3. The van der Waals surface area contributed by atoms with Gasteiger partial charge in [0.2, 0.25) is 0 Å². The molecule has 1 N–H and O–H groups in total. The van der Waals surface area contributed by atoms with E-state index in [1.165, 1.54) is 5.56 Å². The van der Waals surface area contributed by atoms with Gasteiger partial charge in [-0.1, -0.05) is 76.2 Å². The first-order chi connectivity index (χ1) is 13.0. The lowest BCUT2D eigenvalue weighted by atomic mass is 9.87. The van der Waals surface area contributed by atoms with Gasteiger partial charge in [0.1, 0.15) is 0 Å². The third-order valence-corrected chi connectivity index (χ3v) is 4.82. The molecular weight excluding hydrogens is 334 g/mol. The van der Waals surface area contributed by atoms with Crippen molar-refractivity contribution in [2.75, 3.05) is 11.9 Å². The van der Waals surface area contributed by atoms with E-state index in [9.17, 15) is 0 Å². The lowest BCUT2D eigenvalue weighted by Gasteiger charge is -2.18. The van der Waals surface area contributed by atoms with Gasteiger partial charge in [0.05, 0.1) is 0 Å². The zero-order valence-electron chi connectivity index (χ0n) is 16.3. The van der Waals surface area contributed by atoms with Crippen LogP contribution in [0.3, 0.4) is 0 Å². The van der Waals surface area contributed by atoms with E-state index in [1.807, 2.05) is 16.6 Å². The molecule has 4 rings (SSSR count). The van der Waals surface area contributed by atoms with Gasteiger partial charge >= 0.3 is 0 Å². The van der Waals surface area contributed by atoms with Gasteiger partial charge < -0.3 is 5.32 Å². The highest BCUT2D eigenvalue weighted by atomic mass is 15.4. The summed E-state index contributed by atoms with van der Waals surface area (Å²) in [5, 5.41) is 19.3. The molecule has 2 heterocycles. The van der Waals surface area contributed by atoms with E-state index in [1.54, 1.807) is 0 Å². The summed E-state index contributed by atoms with van der Waals surface area (Å²) in [4.78, 5) is 0. The highest BCUT2D eigenvalue weighted by Crippen LogP contribution is 2.29. The largest absolute Gasteiger partial charge is 0.368 e. The fourth-order valence-electron chi connectivity index (χ4n) is 3.25. The topological polar surface area (TPSA) is 55.1 Å². The second-order valence-corrected chi connectivity index (χ2v) is 7.91. The summed E-state index contributed by atoms with van der Waals surface area (Å²) < 4.78 is 1.85. The molecule has 0 bridgehead atoms. The molecule has 4 aromatic rings. The first-order valence-electron chi connectivity index (χ1n) is 9.48. The van der Waals surface area contributed by atoms with Gasteiger partial charge in [-0.3, -0.25) is 0 Å². The molecule has 5 heteroatoms. The van der Waals surface area contributed by atoms with Crippen molar-refractivity contribution >= 4 is 22.2 Å². The molecule has 2 aromatic heterocycles. The third kappa shape index (κ3) is 3.14. The van der Waals surface area contributed by atoms with Crippen molar-refractivity contribution in [3.8, 4) is 11.4 Å². The van der Waals surface area contributed by atoms with Gasteiger partial charge in [-0.2, -0.15) is 4.52 Å². The maximum Gasteiger partial charge on any atom is 0.186 e. The van der Waals surface area contributed by atoms with Crippen molar-refractivity contribution in [2.45, 2.75) is 39.5 Å². The minimum Gasteiger partial charge on any atom is -0.368 e. The monoisotopic (exact) mass is 359 g/mol. The van der Waals surface area contributed by atoms with Crippen molar-refractivity contribution in [2.24, 2.45) is 0 Å². The van der Waals surface area contributed by atoms with E-state index in [-0.39, 0.29) is 5.41 Å². The Hall–Kier alpha value is -2.95. The van der Waals surface area contributed by atoms with Crippen LogP contribution in [-0.2, 0) is 5.41 Å². The van der Waals surface area contributed by atoms with Crippen LogP contribution in [0.4, 0.5) is 5.82 Å². The molecule has 0 radical (unpaired) electrons. The van der Waals surface area contributed by atoms with Crippen LogP contribution in [0.2, 0.25) is 0 Å². The number of anilines is 1. The molecule has 2 aromatic carbocycles. The van der Waals surface area contributed by atoms with Crippen LogP contribution in [0.1, 0.15) is 39.7 Å². The number of benzene rings is 2. The minimum absolute atomic E-state index is 0.122. The number of nitrogens with zero attached hydrogens (tertiary/aromatic N) is 4. The second kappa shape index (κ2) is 6.65. The SMILES string of the molecule is CCCNc1nn2c(-c3ccc(C(C)(C)C)cc3)nnc2c2ccccc12. The van der Waals surface area contributed by atoms with E-state index in [2.05, 4.69) is 79.6 Å². The Kier molecular flexibility index (Phi) is 4.30. The highest BCUT2D eigenvalue weighted by molar-refractivity contribution is 6.00. The summed E-state index contributed by atoms with van der Waals surface area (Å²) in [6.45, 7) is 9.67. The summed E-state index contributed by atoms with van der Waals surface area (Å²) in [5.74, 6) is 1.63. The molecule has 27 heavy (non-hydrogen) atoms. The maximum absolute atomic E-state index is 4.83. The summed E-state index contributed by atoms with van der Waals surface area (Å²) in [6, 6.07) is 16.7. The molecule has 0 amide bonds. The highest BCUT2D eigenvalue weighted by Gasteiger charge is 2.17. The Morgan fingerprint density at radius 2 is 1.63 bits per heavy atom. The first-order valence-corrected chi connectivity index (χ1v) is 9.48. The van der Waals surface area contributed by atoms with Crippen molar-refractivity contribution in [3.05, 3.63) is 54.1 Å². The Balaban J connectivity index is 1.88. The van der Waals surface area contributed by atoms with Gasteiger partial charge in [-0.25, -0.2) is 0 Å². The Morgan fingerprint density at radius 3 is 2.30 bits per heavy atom. The fraction of sp³-hybridized carbons (Fsp3) is 0.318. The van der Waals surface area contributed by atoms with Crippen LogP contribution >= 0.6 is 0 Å².